The summed E-state index contributed by atoms with van der Waals surface area (Å²) in [5.41, 5.74) is 2.08. The molecule has 2 heterocycles. The third-order valence-electron chi connectivity index (χ3n) is 4.84. The van der Waals surface area contributed by atoms with Crippen LogP contribution in [-0.2, 0) is 17.9 Å². The summed E-state index contributed by atoms with van der Waals surface area (Å²) in [6.45, 7) is 3.72. The Morgan fingerprint density at radius 3 is 2.63 bits per heavy atom. The molecule has 0 saturated carbocycles. The maximum atomic E-state index is 13.0. The number of likely N-dealkylation sites (N-methyl/N-ethyl adjacent to an activating group) is 1. The summed E-state index contributed by atoms with van der Waals surface area (Å²) < 4.78 is 13.0. The molecule has 1 aliphatic heterocycles. The highest BCUT2D eigenvalue weighted by Crippen LogP contribution is 2.14. The number of aromatic nitrogens is 1. The van der Waals surface area contributed by atoms with E-state index in [1.54, 1.807) is 6.20 Å². The van der Waals surface area contributed by atoms with Crippen molar-refractivity contribution in [2.45, 2.75) is 32.0 Å². The van der Waals surface area contributed by atoms with Crippen molar-refractivity contribution in [3.05, 3.63) is 65.7 Å². The van der Waals surface area contributed by atoms with Gasteiger partial charge in [-0.05, 0) is 49.7 Å². The van der Waals surface area contributed by atoms with Crippen LogP contribution in [0.3, 0.4) is 0 Å². The first-order valence-corrected chi connectivity index (χ1v) is 9.43. The van der Waals surface area contributed by atoms with Gasteiger partial charge in [-0.2, -0.15) is 0 Å². The number of amides is 1. The fraction of sp³-hybridized carbons (Fsp3) is 0.429. The first kappa shape index (κ1) is 19.5. The molecule has 1 fully saturated rings. The van der Waals surface area contributed by atoms with Gasteiger partial charge in [-0.15, -0.1) is 0 Å². The van der Waals surface area contributed by atoms with Crippen LogP contribution in [0.5, 0.6) is 0 Å². The monoisotopic (exact) mass is 370 g/mol. The van der Waals surface area contributed by atoms with Crippen LogP contribution >= 0.6 is 0 Å². The van der Waals surface area contributed by atoms with Gasteiger partial charge in [0.05, 0.1) is 12.2 Å². The Morgan fingerprint density at radius 1 is 1.22 bits per heavy atom. The lowest BCUT2D eigenvalue weighted by molar-refractivity contribution is -0.123. The highest BCUT2D eigenvalue weighted by atomic mass is 19.1. The Kier molecular flexibility index (Phi) is 6.90. The molecule has 1 aromatic heterocycles. The number of carbonyl (C=O) groups is 1. The molecular weight excluding hydrogens is 343 g/mol. The lowest BCUT2D eigenvalue weighted by atomic mass is 10.0. The van der Waals surface area contributed by atoms with Crippen molar-refractivity contribution >= 4 is 5.91 Å². The van der Waals surface area contributed by atoms with Crippen LogP contribution in [0.4, 0.5) is 4.39 Å². The van der Waals surface area contributed by atoms with E-state index >= 15 is 0 Å². The number of pyridine rings is 1. The fourth-order valence-corrected chi connectivity index (χ4v) is 3.43. The summed E-state index contributed by atoms with van der Waals surface area (Å²) in [7, 11) is 1.93. The quantitative estimate of drug-likeness (QED) is 0.813. The molecule has 0 aliphatic carbocycles. The Bertz CT molecular complexity index is 715. The molecule has 144 valence electrons. The Hall–Kier alpha value is -2.31. The molecule has 0 radical (unpaired) electrons. The van der Waals surface area contributed by atoms with Crippen LogP contribution in [0, 0.1) is 5.82 Å². The normalized spacial score (nSPS) is 15.8. The van der Waals surface area contributed by atoms with Gasteiger partial charge < -0.3 is 5.32 Å². The Morgan fingerprint density at radius 2 is 1.96 bits per heavy atom. The number of halogens is 1. The maximum absolute atomic E-state index is 13.0. The molecule has 6 heteroatoms. The number of piperidine rings is 1. The lowest BCUT2D eigenvalue weighted by Crippen LogP contribution is -2.46. The second-order valence-corrected chi connectivity index (χ2v) is 7.24. The zero-order valence-corrected chi connectivity index (χ0v) is 15.8. The third kappa shape index (κ3) is 6.41. The van der Waals surface area contributed by atoms with Crippen LogP contribution in [0.2, 0.25) is 0 Å². The number of benzene rings is 1. The van der Waals surface area contributed by atoms with Gasteiger partial charge in [0.1, 0.15) is 5.82 Å². The standard InChI is InChI=1S/C21H27FN4O/c1-25(15-20-4-2-3-11-23-20)16-21(27)24-19-9-12-26(13-10-19)14-17-5-7-18(22)8-6-17/h2-8,11,19H,9-10,12-16H2,1H3,(H,24,27). The first-order chi connectivity index (χ1) is 13.1. The summed E-state index contributed by atoms with van der Waals surface area (Å²) in [6, 6.07) is 12.7. The molecule has 27 heavy (non-hydrogen) atoms. The number of hydrogen-bond donors (Lipinski definition) is 1. The van der Waals surface area contributed by atoms with Crippen molar-refractivity contribution in [1.82, 2.24) is 20.1 Å². The van der Waals surface area contributed by atoms with Crippen LogP contribution in [-0.4, -0.2) is 53.4 Å². The van der Waals surface area contributed by atoms with Gasteiger partial charge in [0.25, 0.3) is 0 Å². The van der Waals surface area contributed by atoms with Gasteiger partial charge in [-0.25, -0.2) is 4.39 Å². The van der Waals surface area contributed by atoms with Gasteiger partial charge in [0, 0.05) is 38.4 Å². The van der Waals surface area contributed by atoms with Gasteiger partial charge >= 0.3 is 0 Å². The zero-order chi connectivity index (χ0) is 19.1. The zero-order valence-electron chi connectivity index (χ0n) is 15.8. The molecule has 1 amide bonds. The summed E-state index contributed by atoms with van der Waals surface area (Å²) >= 11 is 0. The number of hydrogen-bond acceptors (Lipinski definition) is 4. The molecule has 0 unspecified atom stereocenters. The van der Waals surface area contributed by atoms with Crippen LogP contribution in [0.15, 0.2) is 48.7 Å². The molecule has 1 aliphatic rings. The Balaban J connectivity index is 1.37. The van der Waals surface area contributed by atoms with Crippen molar-refractivity contribution in [2.75, 3.05) is 26.7 Å². The van der Waals surface area contributed by atoms with E-state index in [1.807, 2.05) is 42.3 Å². The molecule has 5 nitrogen and oxygen atoms in total. The predicted molar refractivity (Wildman–Crippen MR) is 103 cm³/mol. The van der Waals surface area contributed by atoms with Crippen molar-refractivity contribution in [3.8, 4) is 0 Å². The third-order valence-corrected chi connectivity index (χ3v) is 4.84. The van der Waals surface area contributed by atoms with Crippen molar-refractivity contribution in [3.63, 3.8) is 0 Å². The minimum absolute atomic E-state index is 0.0606. The minimum Gasteiger partial charge on any atom is -0.352 e. The van der Waals surface area contributed by atoms with Crippen LogP contribution < -0.4 is 5.32 Å². The van der Waals surface area contributed by atoms with Gasteiger partial charge in [-0.3, -0.25) is 19.6 Å². The maximum Gasteiger partial charge on any atom is 0.234 e. The predicted octanol–water partition coefficient (Wildman–Crippen LogP) is 2.43. The van der Waals surface area contributed by atoms with Gasteiger partial charge in [0.2, 0.25) is 5.91 Å². The average Bonchev–Trinajstić information content (AvgIpc) is 2.66. The second kappa shape index (κ2) is 9.58. The van der Waals surface area contributed by atoms with E-state index < -0.39 is 0 Å². The molecule has 0 bridgehead atoms. The molecule has 1 saturated heterocycles. The Labute approximate surface area is 160 Å². The van der Waals surface area contributed by atoms with Crippen molar-refractivity contribution < 1.29 is 9.18 Å². The molecule has 1 N–H and O–H groups in total. The van der Waals surface area contributed by atoms with E-state index in [1.165, 1.54) is 12.1 Å². The number of likely N-dealkylation sites (tertiary alicyclic amines) is 1. The minimum atomic E-state index is -0.201. The molecule has 3 rings (SSSR count). The van der Waals surface area contributed by atoms with E-state index in [4.69, 9.17) is 0 Å². The fourth-order valence-electron chi connectivity index (χ4n) is 3.43. The topological polar surface area (TPSA) is 48.5 Å². The second-order valence-electron chi connectivity index (χ2n) is 7.24. The molecule has 0 spiro atoms. The number of nitrogens with one attached hydrogen (secondary N) is 1. The van der Waals surface area contributed by atoms with E-state index in [2.05, 4.69) is 15.2 Å². The van der Waals surface area contributed by atoms with E-state index in [0.717, 1.165) is 43.7 Å². The number of carbonyl (C=O) groups excluding carboxylic acids is 1. The van der Waals surface area contributed by atoms with E-state index in [-0.39, 0.29) is 17.8 Å². The number of nitrogens with zero attached hydrogens (tertiary/aromatic N) is 3. The van der Waals surface area contributed by atoms with Gasteiger partial charge in [0.15, 0.2) is 0 Å². The summed E-state index contributed by atoms with van der Waals surface area (Å²) in [5, 5.41) is 3.15. The smallest absolute Gasteiger partial charge is 0.234 e. The summed E-state index contributed by atoms with van der Waals surface area (Å²) in [4.78, 5) is 20.9. The number of rotatable bonds is 7. The molecule has 0 atom stereocenters. The first-order valence-electron chi connectivity index (χ1n) is 9.43. The van der Waals surface area contributed by atoms with Crippen molar-refractivity contribution in [2.24, 2.45) is 0 Å². The highest BCUT2D eigenvalue weighted by molar-refractivity contribution is 5.78. The van der Waals surface area contributed by atoms with Crippen LogP contribution in [0.1, 0.15) is 24.1 Å². The molecule has 1 aromatic carbocycles. The highest BCUT2D eigenvalue weighted by Gasteiger charge is 2.21. The lowest BCUT2D eigenvalue weighted by Gasteiger charge is -2.32. The van der Waals surface area contributed by atoms with Gasteiger partial charge in [-0.1, -0.05) is 18.2 Å². The SMILES string of the molecule is CN(CC(=O)NC1CCN(Cc2ccc(F)cc2)CC1)Cc1ccccn1. The van der Waals surface area contributed by atoms with Crippen LogP contribution in [0.25, 0.3) is 0 Å². The van der Waals surface area contributed by atoms with E-state index in [9.17, 15) is 9.18 Å². The summed E-state index contributed by atoms with van der Waals surface area (Å²) in [6.07, 6.45) is 3.65. The average molecular weight is 370 g/mol. The molecule has 2 aromatic rings. The molecular formula is C21H27FN4O. The van der Waals surface area contributed by atoms with Crippen molar-refractivity contribution in [1.29, 1.82) is 0 Å². The largest absolute Gasteiger partial charge is 0.352 e. The van der Waals surface area contributed by atoms with E-state index in [0.29, 0.717) is 13.1 Å². The summed E-state index contributed by atoms with van der Waals surface area (Å²) in [5.74, 6) is -0.140.